The molecule has 0 aromatic heterocycles. The Hall–Kier alpha value is -1.61. The number of likely N-dealkylation sites (tertiary alicyclic amines) is 1. The lowest BCUT2D eigenvalue weighted by molar-refractivity contribution is -0.135. The SMILES string of the molecule is CCc1ccc(C=CC(=O)N2CC(O)C2)cc1. The fourth-order valence-electron chi connectivity index (χ4n) is 1.77. The van der Waals surface area contributed by atoms with Crippen molar-refractivity contribution in [2.75, 3.05) is 13.1 Å². The van der Waals surface area contributed by atoms with E-state index in [-0.39, 0.29) is 12.0 Å². The van der Waals surface area contributed by atoms with Crippen LogP contribution in [0.5, 0.6) is 0 Å². The van der Waals surface area contributed by atoms with Gasteiger partial charge in [0.15, 0.2) is 0 Å². The van der Waals surface area contributed by atoms with Crippen LogP contribution in [0.25, 0.3) is 6.08 Å². The van der Waals surface area contributed by atoms with E-state index in [4.69, 9.17) is 5.11 Å². The second-order valence-electron chi connectivity index (χ2n) is 4.33. The molecule has 1 saturated heterocycles. The highest BCUT2D eigenvalue weighted by atomic mass is 16.3. The molecule has 3 nitrogen and oxygen atoms in total. The number of hydrogen-bond acceptors (Lipinski definition) is 2. The molecule has 1 N–H and O–H groups in total. The second-order valence-corrected chi connectivity index (χ2v) is 4.33. The van der Waals surface area contributed by atoms with Crippen LogP contribution in [-0.2, 0) is 11.2 Å². The van der Waals surface area contributed by atoms with Crippen LogP contribution in [0.1, 0.15) is 18.1 Å². The van der Waals surface area contributed by atoms with Crippen molar-refractivity contribution in [1.29, 1.82) is 0 Å². The van der Waals surface area contributed by atoms with Gasteiger partial charge in [0.25, 0.3) is 0 Å². The molecule has 0 radical (unpaired) electrons. The van der Waals surface area contributed by atoms with Crippen LogP contribution < -0.4 is 0 Å². The molecule has 17 heavy (non-hydrogen) atoms. The van der Waals surface area contributed by atoms with Crippen molar-refractivity contribution in [2.45, 2.75) is 19.4 Å². The number of aliphatic hydroxyl groups excluding tert-OH is 1. The summed E-state index contributed by atoms with van der Waals surface area (Å²) in [6.07, 6.45) is 4.06. The molecule has 3 heteroatoms. The molecule has 1 aliphatic rings. The van der Waals surface area contributed by atoms with Crippen LogP contribution >= 0.6 is 0 Å². The normalized spacial score (nSPS) is 16.2. The van der Waals surface area contributed by atoms with E-state index < -0.39 is 0 Å². The zero-order chi connectivity index (χ0) is 12.3. The Balaban J connectivity index is 1.93. The van der Waals surface area contributed by atoms with Gasteiger partial charge >= 0.3 is 0 Å². The number of benzene rings is 1. The van der Waals surface area contributed by atoms with E-state index in [9.17, 15) is 4.79 Å². The minimum Gasteiger partial charge on any atom is -0.389 e. The van der Waals surface area contributed by atoms with Crippen LogP contribution in [0.3, 0.4) is 0 Å². The molecule has 1 aliphatic heterocycles. The molecule has 0 bridgehead atoms. The summed E-state index contributed by atoms with van der Waals surface area (Å²) in [4.78, 5) is 13.2. The van der Waals surface area contributed by atoms with Gasteiger partial charge in [0.05, 0.1) is 6.10 Å². The summed E-state index contributed by atoms with van der Waals surface area (Å²) in [5.41, 5.74) is 2.32. The summed E-state index contributed by atoms with van der Waals surface area (Å²) in [6.45, 7) is 3.03. The number of aryl methyl sites for hydroxylation is 1. The first-order chi connectivity index (χ1) is 8.19. The first-order valence-corrected chi connectivity index (χ1v) is 5.93. The fourth-order valence-corrected chi connectivity index (χ4v) is 1.77. The van der Waals surface area contributed by atoms with Crippen molar-refractivity contribution < 1.29 is 9.90 Å². The van der Waals surface area contributed by atoms with Crippen molar-refractivity contribution in [1.82, 2.24) is 4.90 Å². The molecule has 0 spiro atoms. The van der Waals surface area contributed by atoms with E-state index in [0.29, 0.717) is 13.1 Å². The van der Waals surface area contributed by atoms with Gasteiger partial charge in [-0.05, 0) is 23.6 Å². The van der Waals surface area contributed by atoms with Crippen LogP contribution in [-0.4, -0.2) is 35.1 Å². The summed E-state index contributed by atoms with van der Waals surface area (Å²) in [5.74, 6) is -0.0325. The van der Waals surface area contributed by atoms with Crippen molar-refractivity contribution >= 4 is 12.0 Å². The number of aliphatic hydroxyl groups is 1. The molecule has 0 atom stereocenters. The zero-order valence-electron chi connectivity index (χ0n) is 9.97. The van der Waals surface area contributed by atoms with Gasteiger partial charge < -0.3 is 10.0 Å². The molecular weight excluding hydrogens is 214 g/mol. The second kappa shape index (κ2) is 5.15. The summed E-state index contributed by atoms with van der Waals surface area (Å²) in [5, 5.41) is 9.09. The van der Waals surface area contributed by atoms with Gasteiger partial charge in [-0.1, -0.05) is 31.2 Å². The topological polar surface area (TPSA) is 40.5 Å². The standard InChI is InChI=1S/C14H17NO2/c1-2-11-3-5-12(6-4-11)7-8-14(17)15-9-13(16)10-15/h3-8,13,16H,2,9-10H2,1H3. The maximum atomic E-state index is 11.6. The number of amides is 1. The first-order valence-electron chi connectivity index (χ1n) is 5.93. The van der Waals surface area contributed by atoms with E-state index in [2.05, 4.69) is 19.1 Å². The monoisotopic (exact) mass is 231 g/mol. The number of carbonyl (C=O) groups excluding carboxylic acids is 1. The average Bonchev–Trinajstić information content (AvgIpc) is 2.32. The Morgan fingerprint density at radius 1 is 1.41 bits per heavy atom. The number of hydrogen-bond donors (Lipinski definition) is 1. The summed E-state index contributed by atoms with van der Waals surface area (Å²) >= 11 is 0. The van der Waals surface area contributed by atoms with Crippen molar-refractivity contribution in [3.8, 4) is 0 Å². The lowest BCUT2D eigenvalue weighted by Gasteiger charge is -2.34. The quantitative estimate of drug-likeness (QED) is 0.800. The molecule has 1 aromatic rings. The van der Waals surface area contributed by atoms with E-state index >= 15 is 0 Å². The molecule has 1 aromatic carbocycles. The maximum absolute atomic E-state index is 11.6. The fraction of sp³-hybridized carbons (Fsp3) is 0.357. The third kappa shape index (κ3) is 2.94. The van der Waals surface area contributed by atoms with Gasteiger partial charge in [0.2, 0.25) is 5.91 Å². The summed E-state index contributed by atoms with van der Waals surface area (Å²) in [7, 11) is 0. The van der Waals surface area contributed by atoms with Crippen LogP contribution in [0.2, 0.25) is 0 Å². The minimum absolute atomic E-state index is 0.0325. The average molecular weight is 231 g/mol. The highest BCUT2D eigenvalue weighted by Gasteiger charge is 2.26. The number of rotatable bonds is 3. The summed E-state index contributed by atoms with van der Waals surface area (Å²) < 4.78 is 0. The Kier molecular flexibility index (Phi) is 3.59. The zero-order valence-corrected chi connectivity index (χ0v) is 9.97. The highest BCUT2D eigenvalue weighted by Crippen LogP contribution is 2.10. The van der Waals surface area contributed by atoms with Crippen molar-refractivity contribution in [3.63, 3.8) is 0 Å². The lowest BCUT2D eigenvalue weighted by Crippen LogP contribution is -2.52. The number of carbonyl (C=O) groups is 1. The van der Waals surface area contributed by atoms with E-state index in [0.717, 1.165) is 12.0 Å². The van der Waals surface area contributed by atoms with E-state index in [1.54, 1.807) is 11.0 Å². The van der Waals surface area contributed by atoms with Gasteiger partial charge in [-0.25, -0.2) is 0 Å². The van der Waals surface area contributed by atoms with Gasteiger partial charge in [-0.3, -0.25) is 4.79 Å². The van der Waals surface area contributed by atoms with Crippen LogP contribution in [0.15, 0.2) is 30.3 Å². The first kappa shape index (κ1) is 11.9. The van der Waals surface area contributed by atoms with Crippen molar-refractivity contribution in [3.05, 3.63) is 41.5 Å². The number of nitrogens with zero attached hydrogens (tertiary/aromatic N) is 1. The molecule has 1 fully saturated rings. The molecule has 1 heterocycles. The van der Waals surface area contributed by atoms with Crippen LogP contribution in [0.4, 0.5) is 0 Å². The highest BCUT2D eigenvalue weighted by molar-refractivity contribution is 5.92. The molecule has 1 amide bonds. The molecule has 0 unspecified atom stereocenters. The van der Waals surface area contributed by atoms with Gasteiger partial charge in [0.1, 0.15) is 0 Å². The smallest absolute Gasteiger partial charge is 0.246 e. The lowest BCUT2D eigenvalue weighted by atomic mass is 10.1. The van der Waals surface area contributed by atoms with Gasteiger partial charge in [-0.2, -0.15) is 0 Å². The molecule has 0 saturated carbocycles. The van der Waals surface area contributed by atoms with E-state index in [1.807, 2.05) is 18.2 Å². The maximum Gasteiger partial charge on any atom is 0.246 e. The Morgan fingerprint density at radius 3 is 2.59 bits per heavy atom. The van der Waals surface area contributed by atoms with E-state index in [1.165, 1.54) is 5.56 Å². The third-order valence-corrected chi connectivity index (χ3v) is 2.98. The molecule has 0 aliphatic carbocycles. The van der Waals surface area contributed by atoms with Crippen LogP contribution in [0, 0.1) is 0 Å². The van der Waals surface area contributed by atoms with Crippen molar-refractivity contribution in [2.24, 2.45) is 0 Å². The summed E-state index contributed by atoms with van der Waals surface area (Å²) in [6, 6.07) is 8.15. The van der Waals surface area contributed by atoms with Gasteiger partial charge in [-0.15, -0.1) is 0 Å². The van der Waals surface area contributed by atoms with Gasteiger partial charge in [0, 0.05) is 19.2 Å². The predicted molar refractivity (Wildman–Crippen MR) is 67.4 cm³/mol. The Morgan fingerprint density at radius 2 is 2.06 bits per heavy atom. The molecule has 2 rings (SSSR count). The Bertz CT molecular complexity index is 416. The largest absolute Gasteiger partial charge is 0.389 e. The minimum atomic E-state index is -0.337. The Labute approximate surface area is 101 Å². The molecule has 90 valence electrons. The number of β-amino-alcohol motifs (C(OH)–C–C–N with tert-alkyl or cyclic N) is 1. The molecular formula is C14H17NO2. The third-order valence-electron chi connectivity index (χ3n) is 2.98. The predicted octanol–water partition coefficient (Wildman–Crippen LogP) is 1.47.